The van der Waals surface area contributed by atoms with E-state index in [1.807, 2.05) is 25.1 Å². The van der Waals surface area contributed by atoms with Gasteiger partial charge < -0.3 is 9.64 Å². The molecular weight excluding hydrogens is 288 g/mol. The predicted octanol–water partition coefficient (Wildman–Crippen LogP) is 3.10. The van der Waals surface area contributed by atoms with Crippen molar-refractivity contribution >= 4 is 5.82 Å². The molecule has 0 radical (unpaired) electrons. The van der Waals surface area contributed by atoms with Crippen molar-refractivity contribution in [3.8, 4) is 11.5 Å². The first-order valence-electron chi connectivity index (χ1n) is 8.25. The Morgan fingerprint density at radius 2 is 2.17 bits per heavy atom. The highest BCUT2D eigenvalue weighted by atomic mass is 16.5. The minimum absolute atomic E-state index is 0.370. The molecule has 0 aromatic carbocycles. The molecule has 2 aromatic heterocycles. The molecule has 5 heteroatoms. The van der Waals surface area contributed by atoms with Gasteiger partial charge in [0.2, 0.25) is 0 Å². The fourth-order valence-corrected chi connectivity index (χ4v) is 3.00. The van der Waals surface area contributed by atoms with Crippen LogP contribution in [0.1, 0.15) is 26.0 Å². The maximum Gasteiger partial charge on any atom is 0.180 e. The summed E-state index contributed by atoms with van der Waals surface area (Å²) in [6.45, 7) is 8.89. The van der Waals surface area contributed by atoms with Crippen molar-refractivity contribution in [2.24, 2.45) is 5.92 Å². The highest BCUT2D eigenvalue weighted by Crippen LogP contribution is 2.24. The first kappa shape index (κ1) is 15.9. The van der Waals surface area contributed by atoms with E-state index < -0.39 is 0 Å². The molecule has 1 aliphatic heterocycles. The normalized spacial score (nSPS) is 18.4. The summed E-state index contributed by atoms with van der Waals surface area (Å²) in [5.74, 6) is 2.30. The van der Waals surface area contributed by atoms with Gasteiger partial charge in [-0.15, -0.1) is 0 Å². The molecule has 2 aromatic rings. The summed E-state index contributed by atoms with van der Waals surface area (Å²) in [4.78, 5) is 16.1. The molecule has 0 N–H and O–H groups in total. The van der Waals surface area contributed by atoms with Crippen molar-refractivity contribution in [3.63, 3.8) is 0 Å². The molecule has 5 nitrogen and oxygen atoms in total. The van der Waals surface area contributed by atoms with Crippen LogP contribution in [0.15, 0.2) is 30.5 Å². The number of hydrogen-bond donors (Lipinski definition) is 0. The summed E-state index contributed by atoms with van der Waals surface area (Å²) in [7, 11) is 0. The van der Waals surface area contributed by atoms with Crippen LogP contribution in [0.25, 0.3) is 11.5 Å². The summed E-state index contributed by atoms with van der Waals surface area (Å²) < 4.78 is 5.68. The van der Waals surface area contributed by atoms with Gasteiger partial charge >= 0.3 is 0 Å². The Balaban J connectivity index is 1.93. The van der Waals surface area contributed by atoms with Gasteiger partial charge in [-0.05, 0) is 31.4 Å². The van der Waals surface area contributed by atoms with E-state index in [0.29, 0.717) is 17.8 Å². The number of nitrogens with zero attached hydrogens (tertiary/aromatic N) is 4. The first-order valence-corrected chi connectivity index (χ1v) is 8.25. The number of pyridine rings is 1. The number of rotatable bonds is 4. The Hall–Kier alpha value is -2.01. The molecular formula is C18H24N4O. The summed E-state index contributed by atoms with van der Waals surface area (Å²) in [5, 5.41) is 0. The van der Waals surface area contributed by atoms with Crippen LogP contribution >= 0.6 is 0 Å². The summed E-state index contributed by atoms with van der Waals surface area (Å²) >= 11 is 0. The van der Waals surface area contributed by atoms with E-state index in [2.05, 4.69) is 34.8 Å². The van der Waals surface area contributed by atoms with E-state index in [0.717, 1.165) is 43.4 Å². The highest BCUT2D eigenvalue weighted by Gasteiger charge is 2.25. The zero-order chi connectivity index (χ0) is 16.2. The van der Waals surface area contributed by atoms with Crippen molar-refractivity contribution < 1.29 is 4.74 Å². The lowest BCUT2D eigenvalue weighted by Crippen LogP contribution is -2.46. The van der Waals surface area contributed by atoms with Gasteiger partial charge in [0, 0.05) is 24.5 Å². The first-order chi connectivity index (χ1) is 11.1. The molecule has 1 fully saturated rings. The topological polar surface area (TPSA) is 51.1 Å². The number of aryl methyl sites for hydroxylation is 1. The molecule has 0 bridgehead atoms. The maximum atomic E-state index is 5.68. The fraction of sp³-hybridized carbons (Fsp3) is 0.500. The maximum absolute atomic E-state index is 5.68. The van der Waals surface area contributed by atoms with Crippen LogP contribution in [0.2, 0.25) is 0 Å². The smallest absolute Gasteiger partial charge is 0.180 e. The molecule has 23 heavy (non-hydrogen) atoms. The van der Waals surface area contributed by atoms with E-state index in [1.165, 1.54) is 0 Å². The second kappa shape index (κ2) is 7.04. The van der Waals surface area contributed by atoms with Crippen LogP contribution in [0, 0.1) is 12.8 Å². The third-order valence-corrected chi connectivity index (χ3v) is 4.00. The lowest BCUT2D eigenvalue weighted by molar-refractivity contribution is 0.0873. The average Bonchev–Trinajstić information content (AvgIpc) is 2.55. The van der Waals surface area contributed by atoms with Crippen molar-refractivity contribution in [3.05, 3.63) is 36.2 Å². The Labute approximate surface area is 137 Å². The molecule has 0 aliphatic carbocycles. The van der Waals surface area contributed by atoms with Crippen LogP contribution in [-0.4, -0.2) is 40.8 Å². The van der Waals surface area contributed by atoms with E-state index in [-0.39, 0.29) is 0 Å². The number of anilines is 1. The minimum Gasteiger partial charge on any atom is -0.377 e. The van der Waals surface area contributed by atoms with Crippen molar-refractivity contribution in [1.29, 1.82) is 0 Å². The summed E-state index contributed by atoms with van der Waals surface area (Å²) in [6.07, 6.45) is 2.87. The summed E-state index contributed by atoms with van der Waals surface area (Å²) in [5.41, 5.74) is 1.77. The van der Waals surface area contributed by atoms with Gasteiger partial charge in [-0.3, -0.25) is 4.98 Å². The monoisotopic (exact) mass is 312 g/mol. The van der Waals surface area contributed by atoms with E-state index >= 15 is 0 Å². The molecule has 0 amide bonds. The van der Waals surface area contributed by atoms with Crippen LogP contribution in [0.4, 0.5) is 5.82 Å². The molecule has 3 rings (SSSR count). The van der Waals surface area contributed by atoms with Crippen LogP contribution < -0.4 is 4.90 Å². The summed E-state index contributed by atoms with van der Waals surface area (Å²) in [6, 6.07) is 8.24. The molecule has 0 spiro atoms. The van der Waals surface area contributed by atoms with Gasteiger partial charge in [0.1, 0.15) is 11.5 Å². The number of morpholine rings is 1. The standard InChI is InChI=1S/C18H24N4O/c1-13(2)10-15-12-23-9-8-22(15)17-11-14(3)20-18(21-17)16-6-4-5-7-19-16/h4-7,11,13,15H,8-10,12H2,1-3H3. The lowest BCUT2D eigenvalue weighted by Gasteiger charge is -2.37. The number of aromatic nitrogens is 3. The molecule has 3 heterocycles. The van der Waals surface area contributed by atoms with Crippen molar-refractivity contribution in [2.45, 2.75) is 33.2 Å². The van der Waals surface area contributed by atoms with Crippen LogP contribution in [0.3, 0.4) is 0 Å². The number of ether oxygens (including phenoxy) is 1. The van der Waals surface area contributed by atoms with E-state index in [4.69, 9.17) is 9.72 Å². The highest BCUT2D eigenvalue weighted by molar-refractivity contribution is 5.54. The third kappa shape index (κ3) is 3.85. The second-order valence-corrected chi connectivity index (χ2v) is 6.46. The van der Waals surface area contributed by atoms with Gasteiger partial charge in [-0.2, -0.15) is 0 Å². The van der Waals surface area contributed by atoms with Gasteiger partial charge in [0.15, 0.2) is 5.82 Å². The van der Waals surface area contributed by atoms with Gasteiger partial charge in [-0.25, -0.2) is 9.97 Å². The molecule has 122 valence electrons. The Bertz CT molecular complexity index is 645. The van der Waals surface area contributed by atoms with E-state index in [9.17, 15) is 0 Å². The van der Waals surface area contributed by atoms with Gasteiger partial charge in [0.05, 0.1) is 19.3 Å². The molecule has 0 saturated carbocycles. The minimum atomic E-state index is 0.370. The van der Waals surface area contributed by atoms with Crippen molar-refractivity contribution in [2.75, 3.05) is 24.7 Å². The largest absolute Gasteiger partial charge is 0.377 e. The van der Waals surface area contributed by atoms with Crippen LogP contribution in [-0.2, 0) is 4.74 Å². The third-order valence-electron chi connectivity index (χ3n) is 4.00. The quantitative estimate of drug-likeness (QED) is 0.868. The van der Waals surface area contributed by atoms with Gasteiger partial charge in [0.25, 0.3) is 0 Å². The van der Waals surface area contributed by atoms with Crippen LogP contribution in [0.5, 0.6) is 0 Å². The molecule has 1 saturated heterocycles. The Morgan fingerprint density at radius 1 is 1.30 bits per heavy atom. The van der Waals surface area contributed by atoms with Crippen molar-refractivity contribution in [1.82, 2.24) is 15.0 Å². The molecule has 1 unspecified atom stereocenters. The zero-order valence-corrected chi connectivity index (χ0v) is 14.1. The zero-order valence-electron chi connectivity index (χ0n) is 14.1. The van der Waals surface area contributed by atoms with Gasteiger partial charge in [-0.1, -0.05) is 19.9 Å². The van der Waals surface area contributed by atoms with E-state index in [1.54, 1.807) is 6.20 Å². The average molecular weight is 312 g/mol. The number of hydrogen-bond acceptors (Lipinski definition) is 5. The molecule has 1 atom stereocenters. The lowest BCUT2D eigenvalue weighted by atomic mass is 10.0. The molecule has 1 aliphatic rings. The Kier molecular flexibility index (Phi) is 4.86. The fourth-order valence-electron chi connectivity index (χ4n) is 3.00. The Morgan fingerprint density at radius 3 is 2.91 bits per heavy atom. The second-order valence-electron chi connectivity index (χ2n) is 6.46. The SMILES string of the molecule is Cc1cc(N2CCOCC2CC(C)C)nc(-c2ccccn2)n1. The predicted molar refractivity (Wildman–Crippen MR) is 91.4 cm³/mol.